The predicted octanol–water partition coefficient (Wildman–Crippen LogP) is 4.35. The topological polar surface area (TPSA) is 35.2 Å². The van der Waals surface area contributed by atoms with Crippen LogP contribution >= 0.6 is 12.4 Å². The van der Waals surface area contributed by atoms with Crippen LogP contribution in [0.25, 0.3) is 0 Å². The van der Waals surface area contributed by atoms with Crippen molar-refractivity contribution in [3.63, 3.8) is 0 Å². The Morgan fingerprint density at radius 1 is 1.00 bits per heavy atom. The van der Waals surface area contributed by atoms with E-state index in [4.69, 9.17) is 10.5 Å². The molecule has 102 valence electrons. The van der Waals surface area contributed by atoms with Gasteiger partial charge in [0.15, 0.2) is 0 Å². The third-order valence-electron chi connectivity index (χ3n) is 3.01. The molecule has 0 saturated heterocycles. The Kier molecular flexibility index (Phi) is 6.40. The minimum atomic E-state index is 0. The van der Waals surface area contributed by atoms with Gasteiger partial charge < -0.3 is 10.5 Å². The lowest BCUT2D eigenvalue weighted by molar-refractivity contribution is 0.481. The third-order valence-corrected chi connectivity index (χ3v) is 3.01. The summed E-state index contributed by atoms with van der Waals surface area (Å²) in [5.74, 6) is 2.21. The zero-order valence-electron chi connectivity index (χ0n) is 11.1. The summed E-state index contributed by atoms with van der Waals surface area (Å²) < 4.78 is 5.82. The van der Waals surface area contributed by atoms with Gasteiger partial charge in [0, 0.05) is 0 Å². The van der Waals surface area contributed by atoms with Crippen LogP contribution in [0.3, 0.4) is 0 Å². The molecule has 3 heteroatoms. The van der Waals surface area contributed by atoms with E-state index in [0.29, 0.717) is 12.5 Å². The molecule has 0 aliphatic carbocycles. The zero-order chi connectivity index (χ0) is 12.8. The minimum absolute atomic E-state index is 0. The molecule has 1 unspecified atom stereocenters. The molecule has 0 spiro atoms. The van der Waals surface area contributed by atoms with Crippen LogP contribution < -0.4 is 10.5 Å². The molecule has 0 amide bonds. The summed E-state index contributed by atoms with van der Waals surface area (Å²) in [6.45, 7) is 2.90. The lowest BCUT2D eigenvalue weighted by Gasteiger charge is -2.12. The minimum Gasteiger partial charge on any atom is -0.457 e. The molecule has 0 saturated carbocycles. The standard InChI is InChI=1S/C16H19NO.ClH/c1-13(10-11-17)14-6-5-9-16(12-14)18-15-7-3-2-4-8-15;/h2-9,12-13H,10-11,17H2,1H3;1H. The molecule has 1 atom stereocenters. The lowest BCUT2D eigenvalue weighted by Crippen LogP contribution is -2.04. The van der Waals surface area contributed by atoms with Crippen LogP contribution in [-0.4, -0.2) is 6.54 Å². The number of ether oxygens (including phenoxy) is 1. The first kappa shape index (κ1) is 15.5. The van der Waals surface area contributed by atoms with Crippen LogP contribution in [0, 0.1) is 0 Å². The van der Waals surface area contributed by atoms with Gasteiger partial charge in [0.2, 0.25) is 0 Å². The van der Waals surface area contributed by atoms with E-state index in [1.807, 2.05) is 42.5 Å². The van der Waals surface area contributed by atoms with Crippen LogP contribution in [0.15, 0.2) is 54.6 Å². The maximum absolute atomic E-state index is 5.82. The molecule has 0 bridgehead atoms. The van der Waals surface area contributed by atoms with E-state index in [2.05, 4.69) is 19.1 Å². The highest BCUT2D eigenvalue weighted by Crippen LogP contribution is 2.26. The van der Waals surface area contributed by atoms with E-state index in [1.165, 1.54) is 5.56 Å². The van der Waals surface area contributed by atoms with E-state index in [1.54, 1.807) is 0 Å². The molecule has 0 heterocycles. The van der Waals surface area contributed by atoms with Crippen molar-refractivity contribution in [2.75, 3.05) is 6.54 Å². The van der Waals surface area contributed by atoms with Crippen molar-refractivity contribution in [3.8, 4) is 11.5 Å². The molecule has 2 N–H and O–H groups in total. The van der Waals surface area contributed by atoms with Crippen LogP contribution in [-0.2, 0) is 0 Å². The number of nitrogens with two attached hydrogens (primary N) is 1. The van der Waals surface area contributed by atoms with E-state index < -0.39 is 0 Å². The first-order valence-corrected chi connectivity index (χ1v) is 6.32. The first-order chi connectivity index (χ1) is 8.79. The summed E-state index contributed by atoms with van der Waals surface area (Å²) in [5, 5.41) is 0. The number of hydrogen-bond acceptors (Lipinski definition) is 2. The third kappa shape index (κ3) is 4.58. The fourth-order valence-corrected chi connectivity index (χ4v) is 1.93. The number of halogens is 1. The molecule has 0 radical (unpaired) electrons. The number of benzene rings is 2. The van der Waals surface area contributed by atoms with Crippen molar-refractivity contribution in [1.82, 2.24) is 0 Å². The average Bonchev–Trinajstić information content (AvgIpc) is 2.40. The maximum atomic E-state index is 5.82. The largest absolute Gasteiger partial charge is 0.457 e. The first-order valence-electron chi connectivity index (χ1n) is 6.32. The van der Waals surface area contributed by atoms with Crippen molar-refractivity contribution >= 4 is 12.4 Å². The summed E-state index contributed by atoms with van der Waals surface area (Å²) in [5.41, 5.74) is 6.87. The van der Waals surface area contributed by atoms with Gasteiger partial charge >= 0.3 is 0 Å². The van der Waals surface area contributed by atoms with Crippen LogP contribution in [0.5, 0.6) is 11.5 Å². The van der Waals surface area contributed by atoms with E-state index >= 15 is 0 Å². The predicted molar refractivity (Wildman–Crippen MR) is 82.3 cm³/mol. The highest BCUT2D eigenvalue weighted by atomic mass is 35.5. The zero-order valence-corrected chi connectivity index (χ0v) is 11.9. The summed E-state index contributed by atoms with van der Waals surface area (Å²) in [4.78, 5) is 0. The van der Waals surface area contributed by atoms with Gasteiger partial charge in [0.1, 0.15) is 11.5 Å². The van der Waals surface area contributed by atoms with Gasteiger partial charge in [-0.15, -0.1) is 12.4 Å². The molecule has 0 aliphatic heterocycles. The van der Waals surface area contributed by atoms with Crippen LogP contribution in [0.4, 0.5) is 0 Å². The highest BCUT2D eigenvalue weighted by molar-refractivity contribution is 5.85. The second kappa shape index (κ2) is 7.82. The quantitative estimate of drug-likeness (QED) is 0.882. The molecular weight excluding hydrogens is 258 g/mol. The molecule has 0 fully saturated rings. The van der Waals surface area contributed by atoms with Crippen molar-refractivity contribution in [2.45, 2.75) is 19.3 Å². The summed E-state index contributed by atoms with van der Waals surface area (Å²) in [6.07, 6.45) is 0.995. The van der Waals surface area contributed by atoms with Gasteiger partial charge in [0.05, 0.1) is 0 Å². The van der Waals surface area contributed by atoms with Gasteiger partial charge in [-0.3, -0.25) is 0 Å². The van der Waals surface area contributed by atoms with E-state index in [9.17, 15) is 0 Å². The second-order valence-corrected chi connectivity index (χ2v) is 4.47. The summed E-state index contributed by atoms with van der Waals surface area (Å²) >= 11 is 0. The summed E-state index contributed by atoms with van der Waals surface area (Å²) in [6, 6.07) is 18.0. The van der Waals surface area contributed by atoms with Gasteiger partial charge in [-0.1, -0.05) is 37.3 Å². The number of para-hydroxylation sites is 1. The van der Waals surface area contributed by atoms with E-state index in [-0.39, 0.29) is 12.4 Å². The Morgan fingerprint density at radius 2 is 1.68 bits per heavy atom. The van der Waals surface area contributed by atoms with Gasteiger partial charge in [0.25, 0.3) is 0 Å². The SMILES string of the molecule is CC(CCN)c1cccc(Oc2ccccc2)c1.Cl. The molecule has 2 aromatic carbocycles. The fraction of sp³-hybridized carbons (Fsp3) is 0.250. The lowest BCUT2D eigenvalue weighted by atomic mass is 9.98. The summed E-state index contributed by atoms with van der Waals surface area (Å²) in [7, 11) is 0. The Balaban J connectivity index is 0.00000180. The van der Waals surface area contributed by atoms with Gasteiger partial charge in [-0.05, 0) is 48.7 Å². The molecule has 0 aliphatic rings. The van der Waals surface area contributed by atoms with Crippen molar-refractivity contribution in [1.29, 1.82) is 0 Å². The Labute approximate surface area is 121 Å². The average molecular weight is 278 g/mol. The Morgan fingerprint density at radius 3 is 2.37 bits per heavy atom. The van der Waals surface area contributed by atoms with Crippen LogP contribution in [0.2, 0.25) is 0 Å². The molecule has 2 nitrogen and oxygen atoms in total. The monoisotopic (exact) mass is 277 g/mol. The normalized spacial score (nSPS) is 11.5. The van der Waals surface area contributed by atoms with Crippen molar-refractivity contribution in [2.24, 2.45) is 5.73 Å². The van der Waals surface area contributed by atoms with E-state index in [0.717, 1.165) is 17.9 Å². The molecular formula is C16H20ClNO. The highest BCUT2D eigenvalue weighted by Gasteiger charge is 2.05. The van der Waals surface area contributed by atoms with Gasteiger partial charge in [-0.25, -0.2) is 0 Å². The maximum Gasteiger partial charge on any atom is 0.127 e. The Bertz CT molecular complexity index is 487. The Hall–Kier alpha value is -1.51. The molecule has 2 rings (SSSR count). The van der Waals surface area contributed by atoms with Gasteiger partial charge in [-0.2, -0.15) is 0 Å². The second-order valence-electron chi connectivity index (χ2n) is 4.47. The molecule has 2 aromatic rings. The van der Waals surface area contributed by atoms with Crippen LogP contribution in [0.1, 0.15) is 24.8 Å². The smallest absolute Gasteiger partial charge is 0.127 e. The fourth-order valence-electron chi connectivity index (χ4n) is 1.93. The molecule has 19 heavy (non-hydrogen) atoms. The number of hydrogen-bond donors (Lipinski definition) is 1. The number of rotatable bonds is 5. The molecule has 0 aromatic heterocycles. The van der Waals surface area contributed by atoms with Crippen molar-refractivity contribution < 1.29 is 4.74 Å². The van der Waals surface area contributed by atoms with Crippen molar-refractivity contribution in [3.05, 3.63) is 60.2 Å².